The van der Waals surface area contributed by atoms with Crippen molar-refractivity contribution in [1.29, 1.82) is 5.26 Å². The van der Waals surface area contributed by atoms with Gasteiger partial charge in [-0.3, -0.25) is 0 Å². The number of amides is 2. The minimum Gasteiger partial charge on any atom is -0.356 e. The topological polar surface area (TPSA) is 81.1 Å². The molecule has 1 fully saturated rings. The molecule has 3 rings (SSSR count). The Balaban J connectivity index is 1.40. The number of urea groups is 1. The third-order valence-electron chi connectivity index (χ3n) is 4.38. The summed E-state index contributed by atoms with van der Waals surface area (Å²) in [7, 11) is 0. The summed E-state index contributed by atoms with van der Waals surface area (Å²) in [6.07, 6.45) is 3.68. The number of rotatable bonds is 5. The average Bonchev–Trinajstić information content (AvgIpc) is 3.19. The van der Waals surface area contributed by atoms with Crippen molar-refractivity contribution in [3.63, 3.8) is 0 Å². The van der Waals surface area contributed by atoms with Crippen molar-refractivity contribution >= 4 is 23.2 Å². The molecule has 2 N–H and O–H groups in total. The molecule has 0 aromatic carbocycles. The molecule has 0 radical (unpaired) electrons. The zero-order valence-corrected chi connectivity index (χ0v) is 14.8. The van der Waals surface area contributed by atoms with E-state index in [1.165, 1.54) is 0 Å². The Hall–Kier alpha value is -2.59. The van der Waals surface area contributed by atoms with Crippen LogP contribution >= 0.6 is 11.3 Å². The minimum atomic E-state index is -0.118. The molecule has 0 bridgehead atoms. The Kier molecular flexibility index (Phi) is 5.86. The lowest BCUT2D eigenvalue weighted by Gasteiger charge is -2.33. The van der Waals surface area contributed by atoms with Crippen LogP contribution in [0.1, 0.15) is 23.3 Å². The van der Waals surface area contributed by atoms with E-state index >= 15 is 0 Å². The first-order valence-electron chi connectivity index (χ1n) is 8.40. The van der Waals surface area contributed by atoms with Crippen LogP contribution in [0.15, 0.2) is 35.8 Å². The molecule has 2 aromatic heterocycles. The van der Waals surface area contributed by atoms with Crippen molar-refractivity contribution in [3.8, 4) is 6.07 Å². The van der Waals surface area contributed by atoms with E-state index in [0.717, 1.165) is 36.6 Å². The monoisotopic (exact) mass is 355 g/mol. The smallest absolute Gasteiger partial charge is 0.315 e. The maximum absolute atomic E-state index is 11.9. The fourth-order valence-electron chi connectivity index (χ4n) is 2.97. The number of hydrogen-bond donors (Lipinski definition) is 2. The van der Waals surface area contributed by atoms with Crippen LogP contribution in [0.25, 0.3) is 0 Å². The summed E-state index contributed by atoms with van der Waals surface area (Å²) in [5.74, 6) is 1.23. The van der Waals surface area contributed by atoms with Gasteiger partial charge in [0, 0.05) is 30.7 Å². The fourth-order valence-corrected chi connectivity index (χ4v) is 3.61. The van der Waals surface area contributed by atoms with Gasteiger partial charge < -0.3 is 15.5 Å². The van der Waals surface area contributed by atoms with Crippen LogP contribution < -0.4 is 15.5 Å². The fraction of sp³-hybridized carbons (Fsp3) is 0.389. The highest BCUT2D eigenvalue weighted by Crippen LogP contribution is 2.23. The molecule has 0 atom stereocenters. The number of pyridine rings is 1. The van der Waals surface area contributed by atoms with Gasteiger partial charge in [-0.2, -0.15) is 5.26 Å². The van der Waals surface area contributed by atoms with Gasteiger partial charge >= 0.3 is 6.03 Å². The first kappa shape index (κ1) is 17.2. The van der Waals surface area contributed by atoms with E-state index in [1.54, 1.807) is 29.7 Å². The first-order valence-corrected chi connectivity index (χ1v) is 9.28. The summed E-state index contributed by atoms with van der Waals surface area (Å²) in [6, 6.07) is 9.65. The van der Waals surface area contributed by atoms with E-state index in [0.29, 0.717) is 24.6 Å². The van der Waals surface area contributed by atoms with Crippen LogP contribution in [0.3, 0.4) is 0 Å². The molecule has 7 heteroatoms. The van der Waals surface area contributed by atoms with E-state index in [4.69, 9.17) is 0 Å². The van der Waals surface area contributed by atoms with E-state index in [-0.39, 0.29) is 6.03 Å². The van der Waals surface area contributed by atoms with Gasteiger partial charge in [0.05, 0.1) is 12.1 Å². The number of nitriles is 1. The molecule has 6 nitrogen and oxygen atoms in total. The molecule has 0 spiro atoms. The lowest BCUT2D eigenvalue weighted by molar-refractivity contribution is 0.237. The maximum atomic E-state index is 11.9. The predicted molar refractivity (Wildman–Crippen MR) is 98.4 cm³/mol. The molecule has 1 aliphatic rings. The Morgan fingerprint density at radius 2 is 2.16 bits per heavy atom. The number of piperidine rings is 1. The summed E-state index contributed by atoms with van der Waals surface area (Å²) in [5.41, 5.74) is 0.618. The van der Waals surface area contributed by atoms with E-state index in [1.807, 2.05) is 17.5 Å². The van der Waals surface area contributed by atoms with Gasteiger partial charge in [0.25, 0.3) is 0 Å². The van der Waals surface area contributed by atoms with Crippen LogP contribution in [-0.2, 0) is 6.54 Å². The van der Waals surface area contributed by atoms with Crippen molar-refractivity contribution in [2.45, 2.75) is 19.4 Å². The molecule has 1 saturated heterocycles. The second-order valence-corrected chi connectivity index (χ2v) is 7.09. The number of nitrogens with one attached hydrogen (secondary N) is 2. The van der Waals surface area contributed by atoms with E-state index in [9.17, 15) is 10.1 Å². The van der Waals surface area contributed by atoms with Crippen LogP contribution in [0.2, 0.25) is 0 Å². The summed E-state index contributed by atoms with van der Waals surface area (Å²) in [5, 5.41) is 17.0. The van der Waals surface area contributed by atoms with Crippen molar-refractivity contribution < 1.29 is 4.79 Å². The highest BCUT2D eigenvalue weighted by atomic mass is 32.1. The van der Waals surface area contributed by atoms with Gasteiger partial charge in [0.15, 0.2) is 0 Å². The zero-order chi connectivity index (χ0) is 17.5. The molecule has 0 saturated carbocycles. The van der Waals surface area contributed by atoms with Crippen LogP contribution in [0, 0.1) is 17.2 Å². The number of thiophene rings is 1. The summed E-state index contributed by atoms with van der Waals surface area (Å²) >= 11 is 1.64. The number of aromatic nitrogens is 1. The van der Waals surface area contributed by atoms with Crippen molar-refractivity contribution in [1.82, 2.24) is 15.6 Å². The third-order valence-corrected chi connectivity index (χ3v) is 5.25. The highest BCUT2D eigenvalue weighted by Gasteiger charge is 2.22. The third kappa shape index (κ3) is 4.70. The van der Waals surface area contributed by atoms with Gasteiger partial charge in [0.2, 0.25) is 0 Å². The second kappa shape index (κ2) is 8.49. The van der Waals surface area contributed by atoms with Crippen molar-refractivity contribution in [2.24, 2.45) is 5.92 Å². The summed E-state index contributed by atoms with van der Waals surface area (Å²) < 4.78 is 0. The molecule has 130 valence electrons. The van der Waals surface area contributed by atoms with Crippen molar-refractivity contribution in [2.75, 3.05) is 24.5 Å². The lowest BCUT2D eigenvalue weighted by atomic mass is 9.96. The molecule has 2 amide bonds. The Bertz CT molecular complexity index is 732. The highest BCUT2D eigenvalue weighted by molar-refractivity contribution is 7.09. The molecule has 3 heterocycles. The second-order valence-electron chi connectivity index (χ2n) is 6.06. The number of nitrogens with zero attached hydrogens (tertiary/aromatic N) is 3. The van der Waals surface area contributed by atoms with E-state index < -0.39 is 0 Å². The molecular weight excluding hydrogens is 334 g/mol. The number of carbonyl (C=O) groups excluding carboxylic acids is 1. The van der Waals surface area contributed by atoms with Crippen LogP contribution in [0.4, 0.5) is 10.6 Å². The number of carbonyl (C=O) groups is 1. The van der Waals surface area contributed by atoms with E-state index in [2.05, 4.69) is 26.6 Å². The SMILES string of the molecule is N#Cc1cccnc1N1CCC(CNC(=O)NCc2cccs2)CC1. The van der Waals surface area contributed by atoms with Gasteiger partial charge in [-0.15, -0.1) is 11.3 Å². The number of hydrogen-bond acceptors (Lipinski definition) is 5. The Morgan fingerprint density at radius 1 is 1.32 bits per heavy atom. The Morgan fingerprint density at radius 3 is 2.88 bits per heavy atom. The average molecular weight is 355 g/mol. The normalized spacial score (nSPS) is 14.8. The molecule has 0 unspecified atom stereocenters. The summed E-state index contributed by atoms with van der Waals surface area (Å²) in [6.45, 7) is 2.96. The van der Waals surface area contributed by atoms with Crippen molar-refractivity contribution in [3.05, 3.63) is 46.3 Å². The van der Waals surface area contributed by atoms with Gasteiger partial charge in [-0.1, -0.05) is 6.07 Å². The van der Waals surface area contributed by atoms with Gasteiger partial charge in [-0.05, 0) is 42.3 Å². The molecule has 25 heavy (non-hydrogen) atoms. The lowest BCUT2D eigenvalue weighted by Crippen LogP contribution is -2.42. The minimum absolute atomic E-state index is 0.118. The predicted octanol–water partition coefficient (Wildman–Crippen LogP) is 2.73. The molecule has 0 aliphatic carbocycles. The van der Waals surface area contributed by atoms with Crippen LogP contribution in [0.5, 0.6) is 0 Å². The maximum Gasteiger partial charge on any atom is 0.315 e. The summed E-state index contributed by atoms with van der Waals surface area (Å²) in [4.78, 5) is 19.5. The largest absolute Gasteiger partial charge is 0.356 e. The molecule has 1 aliphatic heterocycles. The Labute approximate surface area is 151 Å². The quantitative estimate of drug-likeness (QED) is 0.864. The molecular formula is C18H21N5OS. The first-order chi connectivity index (χ1) is 12.3. The van der Waals surface area contributed by atoms with Gasteiger partial charge in [-0.25, -0.2) is 9.78 Å². The van der Waals surface area contributed by atoms with Crippen LogP contribution in [-0.4, -0.2) is 30.6 Å². The molecule has 2 aromatic rings. The zero-order valence-electron chi connectivity index (χ0n) is 13.9. The standard InChI is InChI=1S/C18H21N5OS/c19-11-15-3-1-7-20-17(15)23-8-5-14(6-9-23)12-21-18(24)22-13-16-4-2-10-25-16/h1-4,7,10,14H,5-6,8-9,12-13H2,(H2,21,22,24). The van der Waals surface area contributed by atoms with Gasteiger partial charge in [0.1, 0.15) is 11.9 Å². The number of anilines is 1.